The summed E-state index contributed by atoms with van der Waals surface area (Å²) in [6.07, 6.45) is 2.81. The van der Waals surface area contributed by atoms with Crippen molar-refractivity contribution in [2.45, 2.75) is 31.1 Å². The fourth-order valence-corrected chi connectivity index (χ4v) is 4.34. The van der Waals surface area contributed by atoms with Gasteiger partial charge in [-0.2, -0.15) is 0 Å². The van der Waals surface area contributed by atoms with Gasteiger partial charge < -0.3 is 10.6 Å². The van der Waals surface area contributed by atoms with E-state index in [4.69, 9.17) is 5.73 Å². The highest BCUT2D eigenvalue weighted by atomic mass is 79.9. The Morgan fingerprint density at radius 3 is 2.52 bits per heavy atom. The summed E-state index contributed by atoms with van der Waals surface area (Å²) in [6.45, 7) is 0.993. The van der Waals surface area contributed by atoms with E-state index < -0.39 is 15.6 Å². The highest BCUT2D eigenvalue weighted by Crippen LogP contribution is 2.18. The first-order valence-electron chi connectivity index (χ1n) is 7.36. The quantitative estimate of drug-likeness (QED) is 0.783. The molecule has 1 heterocycles. The average molecular weight is 426 g/mol. The van der Waals surface area contributed by atoms with Gasteiger partial charge in [0.1, 0.15) is 5.75 Å². The predicted octanol–water partition coefficient (Wildman–Crippen LogP) is 2.13. The van der Waals surface area contributed by atoms with Gasteiger partial charge in [-0.1, -0.05) is 28.1 Å². The monoisotopic (exact) mass is 424 g/mol. The lowest BCUT2D eigenvalue weighted by atomic mass is 10.0. The molecule has 130 valence electrons. The second-order valence-electron chi connectivity index (χ2n) is 5.63. The number of rotatable bonds is 5. The number of nitrogens with two attached hydrogens (primary N) is 1. The molecule has 1 atom stereocenters. The zero-order valence-electron chi connectivity index (χ0n) is 12.8. The lowest BCUT2D eigenvalue weighted by Gasteiger charge is -2.35. The maximum Gasteiger partial charge on any atom is 0.238 e. The van der Waals surface area contributed by atoms with Crippen molar-refractivity contribution >= 4 is 44.1 Å². The fourth-order valence-electron chi connectivity index (χ4n) is 2.73. The summed E-state index contributed by atoms with van der Waals surface area (Å²) in [6, 6.07) is 7.05. The van der Waals surface area contributed by atoms with Crippen LogP contribution in [-0.4, -0.2) is 44.1 Å². The molecule has 1 amide bonds. The smallest absolute Gasteiger partial charge is 0.238 e. The number of sulfone groups is 1. The Labute approximate surface area is 152 Å². The maximum absolute atomic E-state index is 12.3. The summed E-state index contributed by atoms with van der Waals surface area (Å²) >= 11 is 3.31. The van der Waals surface area contributed by atoms with Gasteiger partial charge >= 0.3 is 0 Å². The van der Waals surface area contributed by atoms with Crippen LogP contribution < -0.4 is 5.73 Å². The topological polar surface area (TPSA) is 80.5 Å². The van der Waals surface area contributed by atoms with Gasteiger partial charge in [0, 0.05) is 23.6 Å². The molecule has 1 fully saturated rings. The average Bonchev–Trinajstić information content (AvgIpc) is 2.48. The van der Waals surface area contributed by atoms with E-state index in [0.717, 1.165) is 23.7 Å². The standard InChI is InChI=1S/C15H21BrN2O3S.ClH/c16-13-6-4-12(5-7-13)10-22(20,21)11-15(19)18-8-2-1-3-14(18)9-17;/h4-7,14H,1-3,8-11,17H2;1H. The van der Waals surface area contributed by atoms with Crippen LogP contribution in [0.1, 0.15) is 24.8 Å². The Morgan fingerprint density at radius 2 is 1.91 bits per heavy atom. The molecule has 0 saturated carbocycles. The Morgan fingerprint density at radius 1 is 1.26 bits per heavy atom. The van der Waals surface area contributed by atoms with Gasteiger partial charge in [0.2, 0.25) is 5.91 Å². The van der Waals surface area contributed by atoms with Gasteiger partial charge in [-0.15, -0.1) is 12.4 Å². The van der Waals surface area contributed by atoms with Gasteiger partial charge in [0.15, 0.2) is 9.84 Å². The molecular formula is C15H22BrClN2O3S. The largest absolute Gasteiger partial charge is 0.338 e. The number of piperidine rings is 1. The van der Waals surface area contributed by atoms with E-state index in [1.54, 1.807) is 29.2 Å². The van der Waals surface area contributed by atoms with E-state index in [-0.39, 0.29) is 30.1 Å². The second kappa shape index (κ2) is 9.01. The molecule has 0 radical (unpaired) electrons. The van der Waals surface area contributed by atoms with Crippen molar-refractivity contribution in [2.24, 2.45) is 5.73 Å². The third-order valence-electron chi connectivity index (χ3n) is 3.86. The first-order valence-corrected chi connectivity index (χ1v) is 9.97. The zero-order chi connectivity index (χ0) is 16.2. The molecule has 1 aromatic carbocycles. The second-order valence-corrected chi connectivity index (χ2v) is 8.61. The summed E-state index contributed by atoms with van der Waals surface area (Å²) in [5.74, 6) is -0.889. The molecule has 2 N–H and O–H groups in total. The third kappa shape index (κ3) is 6.06. The molecule has 1 aliphatic heterocycles. The number of hydrogen-bond donors (Lipinski definition) is 1. The van der Waals surface area contributed by atoms with Crippen molar-refractivity contribution in [3.63, 3.8) is 0 Å². The first-order chi connectivity index (χ1) is 10.4. The van der Waals surface area contributed by atoms with Crippen LogP contribution in [0.2, 0.25) is 0 Å². The summed E-state index contributed by atoms with van der Waals surface area (Å²) in [5, 5.41) is 0. The van der Waals surface area contributed by atoms with Crippen LogP contribution in [0, 0.1) is 0 Å². The molecule has 0 spiro atoms. The van der Waals surface area contributed by atoms with Crippen molar-refractivity contribution in [3.8, 4) is 0 Å². The van der Waals surface area contributed by atoms with Crippen LogP contribution in [0.5, 0.6) is 0 Å². The lowest BCUT2D eigenvalue weighted by molar-refractivity contribution is -0.131. The SMILES string of the molecule is Cl.NCC1CCCCN1C(=O)CS(=O)(=O)Cc1ccc(Br)cc1. The minimum absolute atomic E-state index is 0. The lowest BCUT2D eigenvalue weighted by Crippen LogP contribution is -2.49. The molecule has 0 aliphatic carbocycles. The van der Waals surface area contributed by atoms with Crippen LogP contribution >= 0.6 is 28.3 Å². The molecule has 1 unspecified atom stereocenters. The number of halogens is 2. The summed E-state index contributed by atoms with van der Waals surface area (Å²) in [7, 11) is -3.48. The van der Waals surface area contributed by atoms with Gasteiger partial charge in [-0.25, -0.2) is 8.42 Å². The van der Waals surface area contributed by atoms with Crippen LogP contribution in [0.4, 0.5) is 0 Å². The number of amides is 1. The number of hydrogen-bond acceptors (Lipinski definition) is 4. The van der Waals surface area contributed by atoms with E-state index in [9.17, 15) is 13.2 Å². The van der Waals surface area contributed by atoms with E-state index in [0.29, 0.717) is 18.7 Å². The molecule has 0 bridgehead atoms. The van der Waals surface area contributed by atoms with Crippen LogP contribution in [0.15, 0.2) is 28.7 Å². The van der Waals surface area contributed by atoms with E-state index in [1.165, 1.54) is 0 Å². The van der Waals surface area contributed by atoms with Gasteiger partial charge in [-0.05, 0) is 37.0 Å². The van der Waals surface area contributed by atoms with Crippen LogP contribution in [-0.2, 0) is 20.4 Å². The van der Waals surface area contributed by atoms with Gasteiger partial charge in [0.05, 0.1) is 5.75 Å². The molecule has 23 heavy (non-hydrogen) atoms. The summed E-state index contributed by atoms with van der Waals surface area (Å²) in [5.41, 5.74) is 6.37. The Kier molecular flexibility index (Phi) is 8.00. The molecule has 2 rings (SSSR count). The molecule has 1 aliphatic rings. The summed E-state index contributed by atoms with van der Waals surface area (Å²) < 4.78 is 25.4. The van der Waals surface area contributed by atoms with Crippen molar-refractivity contribution in [3.05, 3.63) is 34.3 Å². The van der Waals surface area contributed by atoms with Gasteiger partial charge in [-0.3, -0.25) is 4.79 Å². The third-order valence-corrected chi connectivity index (χ3v) is 5.85. The molecule has 0 aromatic heterocycles. The van der Waals surface area contributed by atoms with E-state index in [2.05, 4.69) is 15.9 Å². The van der Waals surface area contributed by atoms with Gasteiger partial charge in [0.25, 0.3) is 0 Å². The van der Waals surface area contributed by atoms with Crippen molar-refractivity contribution in [1.82, 2.24) is 4.90 Å². The fraction of sp³-hybridized carbons (Fsp3) is 0.533. The maximum atomic E-state index is 12.3. The van der Waals surface area contributed by atoms with Crippen LogP contribution in [0.3, 0.4) is 0 Å². The first kappa shape index (κ1) is 20.4. The Balaban J connectivity index is 0.00000264. The molecular weight excluding hydrogens is 404 g/mol. The normalized spacial score (nSPS) is 18.3. The predicted molar refractivity (Wildman–Crippen MR) is 97.3 cm³/mol. The number of nitrogens with zero attached hydrogens (tertiary/aromatic N) is 1. The van der Waals surface area contributed by atoms with E-state index in [1.807, 2.05) is 0 Å². The van der Waals surface area contributed by atoms with Crippen LogP contribution in [0.25, 0.3) is 0 Å². The van der Waals surface area contributed by atoms with Crippen molar-refractivity contribution in [1.29, 1.82) is 0 Å². The Bertz CT molecular complexity index is 622. The molecule has 8 heteroatoms. The highest BCUT2D eigenvalue weighted by Gasteiger charge is 2.28. The minimum Gasteiger partial charge on any atom is -0.338 e. The highest BCUT2D eigenvalue weighted by molar-refractivity contribution is 9.10. The van der Waals surface area contributed by atoms with Crippen molar-refractivity contribution < 1.29 is 13.2 Å². The molecule has 1 aromatic rings. The number of carbonyl (C=O) groups is 1. The number of likely N-dealkylation sites (tertiary alicyclic amines) is 1. The zero-order valence-corrected chi connectivity index (χ0v) is 16.0. The minimum atomic E-state index is -3.48. The molecule has 1 saturated heterocycles. The number of carbonyl (C=O) groups excluding carboxylic acids is 1. The Hall–Kier alpha value is -0.630. The molecule has 5 nitrogen and oxygen atoms in total. The van der Waals surface area contributed by atoms with E-state index >= 15 is 0 Å². The number of benzene rings is 1. The summed E-state index contributed by atoms with van der Waals surface area (Å²) in [4.78, 5) is 14.0. The van der Waals surface area contributed by atoms with Crippen molar-refractivity contribution in [2.75, 3.05) is 18.8 Å².